The zero-order chi connectivity index (χ0) is 34.8. The number of likely N-dealkylation sites (tertiary alicyclic amines) is 1. The van der Waals surface area contributed by atoms with Crippen LogP contribution < -0.4 is 24.4 Å². The number of alkyl halides is 3. The number of nitrogens with zero attached hydrogens (tertiary/aromatic N) is 3. The topological polar surface area (TPSA) is 116 Å². The van der Waals surface area contributed by atoms with Crippen LogP contribution in [-0.4, -0.2) is 72.0 Å². The molecule has 0 bridgehead atoms. The Kier molecular flexibility index (Phi) is 9.72. The number of carbonyl (C=O) groups excluding carboxylic acids is 1. The molecule has 14 heteroatoms. The van der Waals surface area contributed by atoms with E-state index >= 15 is 0 Å². The third-order valence-electron chi connectivity index (χ3n) is 8.70. The first-order valence-corrected chi connectivity index (χ1v) is 17.1. The lowest BCUT2D eigenvalue weighted by atomic mass is 9.94. The standard InChI is InChI=1S/C35H36F3N5O5S/c1-39-49(46,28-19-17-27(18-20-28)48-35(36,37)38)41-29-21-42(34(45)40-25-13-15-26(47-2)16-14-25)22-32(33(29)44)43-30-9-5-3-7-23(30)11-12-24-8-4-6-10-31(24)43/h3-10,13-20,29,32-33,44H,11-12,21-22H2,1-2H3,(H,40,45)(H,39,41,46). The molecule has 2 heterocycles. The average Bonchev–Trinajstić information content (AvgIpc) is 3.26. The molecule has 258 valence electrons. The summed E-state index contributed by atoms with van der Waals surface area (Å²) in [4.78, 5) is 17.6. The molecule has 49 heavy (non-hydrogen) atoms. The Bertz CT molecular complexity index is 1870. The van der Waals surface area contributed by atoms with E-state index in [-0.39, 0.29) is 18.0 Å². The molecule has 0 aliphatic carbocycles. The number of methoxy groups -OCH3 is 1. The first-order valence-electron chi connectivity index (χ1n) is 15.6. The van der Waals surface area contributed by atoms with Gasteiger partial charge in [0.05, 0.1) is 30.2 Å². The van der Waals surface area contributed by atoms with Crippen molar-refractivity contribution >= 4 is 33.0 Å². The third kappa shape index (κ3) is 7.46. The van der Waals surface area contributed by atoms with Crippen LogP contribution in [0.1, 0.15) is 11.1 Å². The van der Waals surface area contributed by atoms with Crippen LogP contribution in [0.15, 0.2) is 106 Å². The van der Waals surface area contributed by atoms with Gasteiger partial charge in [-0.05, 0) is 84.6 Å². The number of urea groups is 1. The number of hydrogen-bond donors (Lipinski definition) is 3. The van der Waals surface area contributed by atoms with Gasteiger partial charge in [-0.2, -0.15) is 0 Å². The number of nitrogens with one attached hydrogen (secondary N) is 2. The molecule has 0 saturated carbocycles. The maximum Gasteiger partial charge on any atom is 0.573 e. The summed E-state index contributed by atoms with van der Waals surface area (Å²) in [6, 6.07) is 25.1. The molecule has 6 rings (SSSR count). The summed E-state index contributed by atoms with van der Waals surface area (Å²) in [7, 11) is -0.646. The van der Waals surface area contributed by atoms with Gasteiger partial charge >= 0.3 is 12.4 Å². The maximum absolute atomic E-state index is 14.3. The second-order valence-electron chi connectivity index (χ2n) is 11.7. The highest BCUT2D eigenvalue weighted by Crippen LogP contribution is 2.40. The van der Waals surface area contributed by atoms with Gasteiger partial charge in [0.25, 0.3) is 0 Å². The minimum atomic E-state index is -4.89. The van der Waals surface area contributed by atoms with Crippen LogP contribution in [0.5, 0.6) is 11.5 Å². The third-order valence-corrected chi connectivity index (χ3v) is 10.7. The monoisotopic (exact) mass is 695 g/mol. The minimum absolute atomic E-state index is 0.0570. The lowest BCUT2D eigenvalue weighted by Gasteiger charge is -2.47. The number of amides is 2. The molecule has 0 spiro atoms. The average molecular weight is 696 g/mol. The highest BCUT2D eigenvalue weighted by Gasteiger charge is 2.44. The fourth-order valence-corrected chi connectivity index (χ4v) is 7.92. The van der Waals surface area contributed by atoms with Crippen molar-refractivity contribution in [2.24, 2.45) is 4.36 Å². The summed E-state index contributed by atoms with van der Waals surface area (Å²) in [5, 5.41) is 15.1. The molecule has 10 nitrogen and oxygen atoms in total. The molecule has 1 fully saturated rings. The van der Waals surface area contributed by atoms with Gasteiger partial charge in [0, 0.05) is 37.2 Å². The summed E-state index contributed by atoms with van der Waals surface area (Å²) in [5.74, 6) is 0.143. The highest BCUT2D eigenvalue weighted by molar-refractivity contribution is 7.91. The molecule has 0 radical (unpaired) electrons. The van der Waals surface area contributed by atoms with Crippen LogP contribution in [0.4, 0.5) is 35.0 Å². The second-order valence-corrected chi connectivity index (χ2v) is 13.8. The van der Waals surface area contributed by atoms with Crippen LogP contribution in [0, 0.1) is 0 Å². The van der Waals surface area contributed by atoms with Crippen LogP contribution in [0.2, 0.25) is 0 Å². The van der Waals surface area contributed by atoms with Crippen molar-refractivity contribution < 1.29 is 36.8 Å². The van der Waals surface area contributed by atoms with E-state index in [9.17, 15) is 27.3 Å². The van der Waals surface area contributed by atoms with Crippen LogP contribution in [0.25, 0.3) is 0 Å². The highest BCUT2D eigenvalue weighted by atomic mass is 32.2. The van der Waals surface area contributed by atoms with E-state index in [0.717, 1.165) is 47.5 Å². The summed E-state index contributed by atoms with van der Waals surface area (Å²) >= 11 is 0. The van der Waals surface area contributed by atoms with Crippen molar-refractivity contribution in [2.45, 2.75) is 42.3 Å². The van der Waals surface area contributed by atoms with Crippen molar-refractivity contribution in [3.63, 3.8) is 0 Å². The van der Waals surface area contributed by atoms with Crippen molar-refractivity contribution in [3.8, 4) is 11.5 Å². The Labute approximate surface area is 282 Å². The Morgan fingerprint density at radius 1 is 0.878 bits per heavy atom. The lowest BCUT2D eigenvalue weighted by Crippen LogP contribution is -2.66. The quantitative estimate of drug-likeness (QED) is 0.214. The van der Waals surface area contributed by atoms with E-state index in [1.54, 1.807) is 36.3 Å². The first-order chi connectivity index (χ1) is 23.5. The summed E-state index contributed by atoms with van der Waals surface area (Å²) in [6.07, 6.45) is -4.53. The molecule has 4 aromatic rings. The molecule has 1 saturated heterocycles. The number of anilines is 3. The van der Waals surface area contributed by atoms with Crippen LogP contribution >= 0.6 is 0 Å². The number of benzene rings is 4. The molecule has 4 atom stereocenters. The van der Waals surface area contributed by atoms with E-state index in [4.69, 9.17) is 4.74 Å². The summed E-state index contributed by atoms with van der Waals surface area (Å²) < 4.78 is 69.0. The van der Waals surface area contributed by atoms with Gasteiger partial charge in [0.1, 0.15) is 21.4 Å². The van der Waals surface area contributed by atoms with E-state index < -0.39 is 46.2 Å². The first kappa shape index (κ1) is 34.1. The molecule has 4 aromatic carbocycles. The zero-order valence-electron chi connectivity index (χ0n) is 26.8. The van der Waals surface area contributed by atoms with Crippen molar-refractivity contribution in [1.29, 1.82) is 0 Å². The number of hydrogen-bond acceptors (Lipinski definition) is 7. The van der Waals surface area contributed by atoms with Gasteiger partial charge in [0.15, 0.2) is 0 Å². The smallest absolute Gasteiger partial charge is 0.497 e. The lowest BCUT2D eigenvalue weighted by molar-refractivity contribution is -0.274. The van der Waals surface area contributed by atoms with Gasteiger partial charge < -0.3 is 29.7 Å². The number of aryl methyl sites for hydroxylation is 2. The SMILES string of the molecule is CN=S(=O)(NC1CN(C(=O)Nc2ccc(OC)cc2)CC(N2c3ccccc3CCc3ccccc32)C1O)c1ccc(OC(F)(F)F)cc1. The van der Waals surface area contributed by atoms with Gasteiger partial charge in [-0.1, -0.05) is 36.4 Å². The predicted molar refractivity (Wildman–Crippen MR) is 181 cm³/mol. The molecular formula is C35H36F3N5O5S. The Morgan fingerprint density at radius 3 is 2.00 bits per heavy atom. The van der Waals surface area contributed by atoms with Gasteiger partial charge in [0.2, 0.25) is 0 Å². The fourth-order valence-electron chi connectivity index (χ4n) is 6.33. The number of carbonyl (C=O) groups is 1. The van der Waals surface area contributed by atoms with Crippen LogP contribution in [-0.2, 0) is 22.8 Å². The molecule has 3 N–H and O–H groups in total. The summed E-state index contributed by atoms with van der Waals surface area (Å²) in [6.45, 7) is 0.0521. The van der Waals surface area contributed by atoms with Crippen molar-refractivity contribution in [2.75, 3.05) is 37.5 Å². The predicted octanol–water partition coefficient (Wildman–Crippen LogP) is 6.14. The Balaban J connectivity index is 1.38. The molecule has 2 aliphatic rings. The number of halogens is 3. The number of aliphatic hydroxyl groups excluding tert-OH is 1. The molecule has 4 unspecified atom stereocenters. The van der Waals surface area contributed by atoms with E-state index in [1.165, 1.54) is 19.2 Å². The van der Waals surface area contributed by atoms with Gasteiger partial charge in [-0.15, -0.1) is 13.2 Å². The largest absolute Gasteiger partial charge is 0.573 e. The van der Waals surface area contributed by atoms with E-state index in [0.29, 0.717) is 11.4 Å². The zero-order valence-corrected chi connectivity index (χ0v) is 27.6. The fraction of sp³-hybridized carbons (Fsp3) is 0.286. The molecule has 0 aromatic heterocycles. The molecule has 2 aliphatic heterocycles. The number of fused-ring (bicyclic) bond motifs is 2. The van der Waals surface area contributed by atoms with Gasteiger partial charge in [-0.3, -0.25) is 0 Å². The summed E-state index contributed by atoms with van der Waals surface area (Å²) in [5.41, 5.74) is 4.44. The van der Waals surface area contributed by atoms with E-state index in [2.05, 4.69) is 24.0 Å². The number of para-hydroxylation sites is 2. The number of rotatable bonds is 7. The normalized spacial score (nSPS) is 20.2. The van der Waals surface area contributed by atoms with Crippen LogP contribution in [0.3, 0.4) is 0 Å². The van der Waals surface area contributed by atoms with Gasteiger partial charge in [-0.25, -0.2) is 18.1 Å². The Hall–Kier alpha value is -4.79. The van der Waals surface area contributed by atoms with Crippen molar-refractivity contribution in [3.05, 3.63) is 108 Å². The number of ether oxygens (including phenoxy) is 2. The number of aliphatic hydroxyl groups is 1. The Morgan fingerprint density at radius 2 is 1.45 bits per heavy atom. The van der Waals surface area contributed by atoms with E-state index in [1.807, 2.05) is 48.5 Å². The number of piperidine rings is 1. The maximum atomic E-state index is 14.3. The van der Waals surface area contributed by atoms with Crippen molar-refractivity contribution in [1.82, 2.24) is 9.62 Å². The minimum Gasteiger partial charge on any atom is -0.497 e. The molecular weight excluding hydrogens is 659 g/mol. The molecule has 2 amide bonds. The second kappa shape index (κ2) is 14.0.